The van der Waals surface area contributed by atoms with Crippen LogP contribution in [0.4, 0.5) is 39.5 Å². The molecule has 1 saturated heterocycles. The first kappa shape index (κ1) is 25.2. The summed E-state index contributed by atoms with van der Waals surface area (Å²) >= 11 is 0. The summed E-state index contributed by atoms with van der Waals surface area (Å²) in [7, 11) is 0. The number of halogens is 5. The van der Waals surface area contributed by atoms with E-state index < -0.39 is 23.5 Å². The van der Waals surface area contributed by atoms with Crippen molar-refractivity contribution in [1.82, 2.24) is 19.7 Å². The van der Waals surface area contributed by atoms with E-state index >= 15 is 0 Å². The first-order chi connectivity index (χ1) is 17.7. The number of rotatable bonds is 6. The first-order valence-electron chi connectivity index (χ1n) is 12.3. The molecule has 0 spiro atoms. The largest absolute Gasteiger partial charge is 0.433 e. The Morgan fingerprint density at radius 1 is 1.14 bits per heavy atom. The van der Waals surface area contributed by atoms with Gasteiger partial charge < -0.3 is 15.1 Å². The van der Waals surface area contributed by atoms with E-state index in [4.69, 9.17) is 0 Å². The second-order valence-corrected chi connectivity index (χ2v) is 9.63. The fraction of sp³-hybridized carbons (Fsp3) is 0.480. The predicted molar refractivity (Wildman–Crippen MR) is 131 cm³/mol. The van der Waals surface area contributed by atoms with Crippen molar-refractivity contribution in [2.45, 2.75) is 44.9 Å². The minimum absolute atomic E-state index is 0.0825. The van der Waals surface area contributed by atoms with Crippen molar-refractivity contribution in [3.05, 3.63) is 53.4 Å². The van der Waals surface area contributed by atoms with Gasteiger partial charge in [0.2, 0.25) is 11.9 Å². The van der Waals surface area contributed by atoms with Gasteiger partial charge in [-0.05, 0) is 62.9 Å². The molecule has 2 aromatic rings. The number of nitrogens with zero attached hydrogens (tertiary/aromatic N) is 6. The highest BCUT2D eigenvalue weighted by Gasteiger charge is 2.43. The molecule has 1 aromatic heterocycles. The van der Waals surface area contributed by atoms with Crippen LogP contribution in [-0.4, -0.2) is 58.2 Å². The number of aromatic nitrogens is 3. The van der Waals surface area contributed by atoms with Crippen LogP contribution < -0.4 is 10.2 Å². The number of piperidine rings is 1. The molecular weight excluding hydrogens is 493 g/mol. The third-order valence-corrected chi connectivity index (χ3v) is 7.40. The number of allylic oxidation sites excluding steroid dienone is 3. The van der Waals surface area contributed by atoms with Crippen molar-refractivity contribution in [2.75, 3.05) is 29.9 Å². The molecule has 1 aliphatic carbocycles. The number of likely N-dealkylation sites (tertiary alicyclic amines) is 1. The summed E-state index contributed by atoms with van der Waals surface area (Å²) in [4.78, 5) is 11.6. The second-order valence-electron chi connectivity index (χ2n) is 9.63. The fourth-order valence-electron chi connectivity index (χ4n) is 5.65. The second kappa shape index (κ2) is 9.79. The lowest BCUT2D eigenvalue weighted by Crippen LogP contribution is -2.47. The topological polar surface area (TPSA) is 61.6 Å². The van der Waals surface area contributed by atoms with E-state index in [1.165, 1.54) is 6.07 Å². The van der Waals surface area contributed by atoms with Gasteiger partial charge in [-0.2, -0.15) is 18.2 Å². The van der Waals surface area contributed by atoms with E-state index in [0.717, 1.165) is 37.5 Å². The van der Waals surface area contributed by atoms with Crippen LogP contribution in [0.25, 0.3) is 0 Å². The summed E-state index contributed by atoms with van der Waals surface area (Å²) in [5, 5.41) is 8.08. The zero-order valence-corrected chi connectivity index (χ0v) is 20.3. The molecule has 1 unspecified atom stereocenters. The van der Waals surface area contributed by atoms with Gasteiger partial charge in [-0.25, -0.2) is 13.5 Å². The van der Waals surface area contributed by atoms with Crippen LogP contribution in [0.3, 0.4) is 0 Å². The molecule has 1 aromatic carbocycles. The molecule has 5 rings (SSSR count). The van der Waals surface area contributed by atoms with Gasteiger partial charge in [0, 0.05) is 49.7 Å². The van der Waals surface area contributed by atoms with Crippen molar-refractivity contribution >= 4 is 24.3 Å². The van der Waals surface area contributed by atoms with Crippen LogP contribution in [0.15, 0.2) is 46.7 Å². The van der Waals surface area contributed by atoms with Crippen LogP contribution in [0.5, 0.6) is 0 Å². The Morgan fingerprint density at radius 2 is 1.86 bits per heavy atom. The lowest BCUT2D eigenvalue weighted by atomic mass is 9.91. The smallest absolute Gasteiger partial charge is 0.371 e. The molecule has 37 heavy (non-hydrogen) atoms. The maximum atomic E-state index is 13.8. The monoisotopic (exact) mass is 521 g/mol. The van der Waals surface area contributed by atoms with Gasteiger partial charge in [-0.3, -0.25) is 4.99 Å². The minimum Gasteiger partial charge on any atom is -0.371 e. The molecule has 7 nitrogen and oxygen atoms in total. The van der Waals surface area contributed by atoms with Crippen LogP contribution >= 0.6 is 0 Å². The number of alkyl halides is 3. The maximum absolute atomic E-state index is 13.8. The quantitative estimate of drug-likeness (QED) is 0.319. The standard InChI is InChI=1S/C25H28F5N7/c1-3-17(12-21(31-2)25(28,29)30)35-13-15-5-6-16(14-35)22(15)32-23-33-24-36(9-4-10-37(24)34-23)18-7-8-19(26)20(27)11-18/h3,7-8,11-12,15-16,22H,2,4-6,9-10,13-14H2,1H3,(H,32,34)/b17-3+,21-12-/t15-,16+,22?. The number of hydrogen-bond acceptors (Lipinski definition) is 6. The van der Waals surface area contributed by atoms with Crippen LogP contribution in [-0.2, 0) is 6.54 Å². The molecule has 2 aliphatic heterocycles. The van der Waals surface area contributed by atoms with E-state index in [-0.39, 0.29) is 17.9 Å². The summed E-state index contributed by atoms with van der Waals surface area (Å²) in [6.45, 7) is 7.25. The van der Waals surface area contributed by atoms with Gasteiger partial charge in [0.05, 0.1) is 0 Å². The molecule has 3 heterocycles. The van der Waals surface area contributed by atoms with Crippen molar-refractivity contribution in [1.29, 1.82) is 0 Å². The SMILES string of the molecule is C=N/C(=C\C(=C/C)N1C[C@H]2CC[C@@H](C1)C2Nc1nc2n(n1)CCCN2c1ccc(F)c(F)c1)C(F)(F)F. The van der Waals surface area contributed by atoms with Crippen molar-refractivity contribution in [3.8, 4) is 0 Å². The van der Waals surface area contributed by atoms with Gasteiger partial charge in [0.25, 0.3) is 0 Å². The van der Waals surface area contributed by atoms with Gasteiger partial charge in [0.1, 0.15) is 5.70 Å². The first-order valence-corrected chi connectivity index (χ1v) is 12.3. The molecular formula is C25H28F5N7. The number of fused-ring (bicyclic) bond motifs is 3. The number of aliphatic imine (C=N–C) groups is 1. The summed E-state index contributed by atoms with van der Waals surface area (Å²) < 4.78 is 68.7. The summed E-state index contributed by atoms with van der Waals surface area (Å²) in [6.07, 6.45) is 0.825. The highest BCUT2D eigenvalue weighted by Crippen LogP contribution is 2.41. The molecule has 0 radical (unpaired) electrons. The normalized spacial score (nSPS) is 24.3. The molecule has 2 bridgehead atoms. The number of hydrogen-bond donors (Lipinski definition) is 1. The summed E-state index contributed by atoms with van der Waals surface area (Å²) in [6, 6.07) is 3.86. The van der Waals surface area contributed by atoms with Crippen molar-refractivity contribution in [3.63, 3.8) is 0 Å². The van der Waals surface area contributed by atoms with E-state index in [1.807, 2.05) is 9.80 Å². The highest BCUT2D eigenvalue weighted by atomic mass is 19.4. The van der Waals surface area contributed by atoms with Gasteiger partial charge in [-0.1, -0.05) is 6.08 Å². The predicted octanol–water partition coefficient (Wildman–Crippen LogP) is 5.27. The molecule has 1 saturated carbocycles. The summed E-state index contributed by atoms with van der Waals surface area (Å²) in [5.41, 5.74) is -0.0224. The van der Waals surface area contributed by atoms with E-state index in [0.29, 0.717) is 49.5 Å². The van der Waals surface area contributed by atoms with Crippen LogP contribution in [0, 0.1) is 23.5 Å². The Labute approximate surface area is 211 Å². The number of aryl methyl sites for hydroxylation is 1. The molecule has 0 amide bonds. The third kappa shape index (κ3) is 4.93. The van der Waals surface area contributed by atoms with E-state index in [1.54, 1.807) is 17.7 Å². The fourth-order valence-corrected chi connectivity index (χ4v) is 5.65. The average Bonchev–Trinajstić information content (AvgIpc) is 3.36. The Kier molecular flexibility index (Phi) is 6.67. The molecule has 3 aliphatic rings. The zero-order valence-electron chi connectivity index (χ0n) is 20.3. The minimum atomic E-state index is -4.56. The molecule has 12 heteroatoms. The Hall–Kier alpha value is -3.44. The molecule has 2 fully saturated rings. The Morgan fingerprint density at radius 3 is 2.49 bits per heavy atom. The van der Waals surface area contributed by atoms with Gasteiger partial charge in [0.15, 0.2) is 11.6 Å². The van der Waals surface area contributed by atoms with Crippen LogP contribution in [0.1, 0.15) is 26.2 Å². The molecule has 1 N–H and O–H groups in total. The highest BCUT2D eigenvalue weighted by molar-refractivity contribution is 5.59. The van der Waals surface area contributed by atoms with Crippen molar-refractivity contribution < 1.29 is 22.0 Å². The third-order valence-electron chi connectivity index (χ3n) is 7.40. The number of anilines is 3. The number of nitrogens with one attached hydrogen (secondary N) is 1. The van der Waals surface area contributed by atoms with Gasteiger partial charge in [-0.15, -0.1) is 5.10 Å². The Balaban J connectivity index is 1.32. The molecule has 198 valence electrons. The van der Waals surface area contributed by atoms with E-state index in [9.17, 15) is 22.0 Å². The van der Waals surface area contributed by atoms with Crippen LogP contribution in [0.2, 0.25) is 0 Å². The van der Waals surface area contributed by atoms with E-state index in [2.05, 4.69) is 27.1 Å². The Bertz CT molecular complexity index is 1220. The molecule has 3 atom stereocenters. The average molecular weight is 522 g/mol. The summed E-state index contributed by atoms with van der Waals surface area (Å²) in [5.74, 6) is -0.397. The number of benzene rings is 1. The van der Waals surface area contributed by atoms with Crippen molar-refractivity contribution in [2.24, 2.45) is 16.8 Å². The van der Waals surface area contributed by atoms with Gasteiger partial charge >= 0.3 is 6.18 Å². The zero-order chi connectivity index (χ0) is 26.3. The lowest BCUT2D eigenvalue weighted by molar-refractivity contribution is -0.0923. The maximum Gasteiger partial charge on any atom is 0.433 e. The lowest BCUT2D eigenvalue weighted by Gasteiger charge is -2.40.